The number of ketones is 1. The second kappa shape index (κ2) is 4.78. The summed E-state index contributed by atoms with van der Waals surface area (Å²) < 4.78 is 5.13. The molecule has 0 heterocycles. The number of rotatable bonds is 3. The molecular formula is C12H11BrO3. The molecule has 2 atom stereocenters. The highest BCUT2D eigenvalue weighted by Gasteiger charge is 2.38. The first-order valence-corrected chi connectivity index (χ1v) is 5.99. The third-order valence-electron chi connectivity index (χ3n) is 2.62. The lowest BCUT2D eigenvalue weighted by Gasteiger charge is -2.29. The topological polar surface area (TPSA) is 43.4 Å². The van der Waals surface area contributed by atoms with E-state index >= 15 is 0 Å². The zero-order valence-corrected chi connectivity index (χ0v) is 10.1. The van der Waals surface area contributed by atoms with Crippen LogP contribution in [0.2, 0.25) is 0 Å². The highest BCUT2D eigenvalue weighted by molar-refractivity contribution is 9.10. The molecule has 0 radical (unpaired) electrons. The molecule has 1 saturated carbocycles. The van der Waals surface area contributed by atoms with Gasteiger partial charge in [-0.1, -0.05) is 34.1 Å². The second-order valence-electron chi connectivity index (χ2n) is 3.80. The standard InChI is InChI=1S/C12H11BrO3/c13-11-9(6-10(11)14)7-16-12(15)8-4-2-1-3-5-8/h1-5,9,11H,6-7H2/t9-,11-/m0/s1. The number of carbonyl (C=O) groups is 2. The number of ether oxygens (including phenoxy) is 1. The molecule has 0 aromatic heterocycles. The summed E-state index contributed by atoms with van der Waals surface area (Å²) in [6.07, 6.45) is 0.498. The van der Waals surface area contributed by atoms with Crippen LogP contribution in [0.25, 0.3) is 0 Å². The molecule has 0 saturated heterocycles. The Bertz CT molecular complexity index is 402. The average Bonchev–Trinajstić information content (AvgIpc) is 2.34. The van der Waals surface area contributed by atoms with Crippen LogP contribution in [-0.2, 0) is 9.53 Å². The summed E-state index contributed by atoms with van der Waals surface area (Å²) in [6.45, 7) is 0.301. The molecule has 0 N–H and O–H groups in total. The van der Waals surface area contributed by atoms with E-state index in [0.29, 0.717) is 18.6 Å². The summed E-state index contributed by atoms with van der Waals surface area (Å²) in [7, 11) is 0. The van der Waals surface area contributed by atoms with Gasteiger partial charge < -0.3 is 4.74 Å². The van der Waals surface area contributed by atoms with E-state index in [2.05, 4.69) is 15.9 Å². The number of Topliss-reactive ketones (excluding diaryl/α,β-unsaturated/α-hetero) is 1. The molecule has 1 aromatic carbocycles. The number of benzene rings is 1. The number of hydrogen-bond acceptors (Lipinski definition) is 3. The molecule has 1 fully saturated rings. The maximum absolute atomic E-state index is 11.6. The Hall–Kier alpha value is -1.16. The van der Waals surface area contributed by atoms with Gasteiger partial charge in [-0.05, 0) is 12.1 Å². The minimum absolute atomic E-state index is 0.125. The van der Waals surface area contributed by atoms with Crippen molar-refractivity contribution in [2.75, 3.05) is 6.61 Å². The predicted molar refractivity (Wildman–Crippen MR) is 62.6 cm³/mol. The highest BCUT2D eigenvalue weighted by atomic mass is 79.9. The van der Waals surface area contributed by atoms with Gasteiger partial charge >= 0.3 is 5.97 Å². The van der Waals surface area contributed by atoms with Crippen LogP contribution in [0.4, 0.5) is 0 Å². The fourth-order valence-electron chi connectivity index (χ4n) is 1.56. The molecule has 4 heteroatoms. The number of alkyl halides is 1. The molecular weight excluding hydrogens is 272 g/mol. The van der Waals surface area contributed by atoms with Gasteiger partial charge in [0.15, 0.2) is 0 Å². The van der Waals surface area contributed by atoms with E-state index in [1.165, 1.54) is 0 Å². The van der Waals surface area contributed by atoms with E-state index in [1.807, 2.05) is 6.07 Å². The van der Waals surface area contributed by atoms with Crippen molar-refractivity contribution in [2.45, 2.75) is 11.2 Å². The second-order valence-corrected chi connectivity index (χ2v) is 4.78. The Kier molecular flexibility index (Phi) is 3.39. The lowest BCUT2D eigenvalue weighted by Crippen LogP contribution is -2.41. The monoisotopic (exact) mass is 282 g/mol. The largest absolute Gasteiger partial charge is 0.462 e. The van der Waals surface area contributed by atoms with Gasteiger partial charge in [0.25, 0.3) is 0 Å². The van der Waals surface area contributed by atoms with Crippen LogP contribution in [0, 0.1) is 5.92 Å². The molecule has 2 rings (SSSR count). The van der Waals surface area contributed by atoms with Gasteiger partial charge in [-0.3, -0.25) is 4.79 Å². The van der Waals surface area contributed by atoms with Crippen molar-refractivity contribution >= 4 is 27.7 Å². The van der Waals surface area contributed by atoms with Crippen LogP contribution in [0.3, 0.4) is 0 Å². The SMILES string of the molecule is O=C(OC[C@@H]1CC(=O)[C@H]1Br)c1ccccc1. The molecule has 0 aliphatic heterocycles. The van der Waals surface area contributed by atoms with Crippen LogP contribution in [0.5, 0.6) is 0 Å². The van der Waals surface area contributed by atoms with E-state index in [-0.39, 0.29) is 22.5 Å². The molecule has 0 bridgehead atoms. The van der Waals surface area contributed by atoms with Gasteiger partial charge in [0.1, 0.15) is 5.78 Å². The smallest absolute Gasteiger partial charge is 0.338 e. The normalized spacial score (nSPS) is 23.7. The summed E-state index contributed by atoms with van der Waals surface area (Å²) in [5, 5.41) is 0. The lowest BCUT2D eigenvalue weighted by atomic mass is 9.84. The molecule has 0 unspecified atom stereocenters. The van der Waals surface area contributed by atoms with E-state index in [1.54, 1.807) is 24.3 Å². The van der Waals surface area contributed by atoms with Crippen molar-refractivity contribution in [3.63, 3.8) is 0 Å². The minimum Gasteiger partial charge on any atom is -0.462 e. The summed E-state index contributed by atoms with van der Waals surface area (Å²) >= 11 is 3.26. The van der Waals surface area contributed by atoms with Crippen molar-refractivity contribution in [2.24, 2.45) is 5.92 Å². The summed E-state index contributed by atoms with van der Waals surface area (Å²) in [5.41, 5.74) is 0.541. The number of esters is 1. The van der Waals surface area contributed by atoms with Crippen molar-refractivity contribution in [3.05, 3.63) is 35.9 Å². The van der Waals surface area contributed by atoms with E-state index in [0.717, 1.165) is 0 Å². The molecule has 0 amide bonds. The Morgan fingerprint density at radius 1 is 1.38 bits per heavy atom. The molecule has 84 valence electrons. The van der Waals surface area contributed by atoms with Crippen LogP contribution in [0.15, 0.2) is 30.3 Å². The van der Waals surface area contributed by atoms with Gasteiger partial charge in [-0.25, -0.2) is 4.79 Å². The zero-order valence-electron chi connectivity index (χ0n) is 8.56. The molecule has 1 aromatic rings. The fourth-order valence-corrected chi connectivity index (χ4v) is 2.09. The number of carbonyl (C=O) groups excluding carboxylic acids is 2. The van der Waals surface area contributed by atoms with E-state index in [4.69, 9.17) is 4.74 Å². The van der Waals surface area contributed by atoms with E-state index in [9.17, 15) is 9.59 Å². The van der Waals surface area contributed by atoms with Crippen molar-refractivity contribution in [1.29, 1.82) is 0 Å². The maximum Gasteiger partial charge on any atom is 0.338 e. The zero-order chi connectivity index (χ0) is 11.5. The van der Waals surface area contributed by atoms with Gasteiger partial charge in [0, 0.05) is 12.3 Å². The third-order valence-corrected chi connectivity index (χ3v) is 3.88. The Balaban J connectivity index is 1.83. The quantitative estimate of drug-likeness (QED) is 0.631. The number of halogens is 1. The Labute approximate surface area is 102 Å². The van der Waals surface area contributed by atoms with Crippen LogP contribution in [-0.4, -0.2) is 23.2 Å². The molecule has 16 heavy (non-hydrogen) atoms. The van der Waals surface area contributed by atoms with Gasteiger partial charge in [-0.15, -0.1) is 0 Å². The first kappa shape index (κ1) is 11.3. The van der Waals surface area contributed by atoms with E-state index < -0.39 is 0 Å². The highest BCUT2D eigenvalue weighted by Crippen LogP contribution is 2.30. The first-order chi connectivity index (χ1) is 7.68. The van der Waals surface area contributed by atoms with Gasteiger partial charge in [0.05, 0.1) is 17.0 Å². The molecule has 1 aliphatic rings. The maximum atomic E-state index is 11.6. The Morgan fingerprint density at radius 2 is 2.06 bits per heavy atom. The molecule has 3 nitrogen and oxygen atoms in total. The summed E-state index contributed by atoms with van der Waals surface area (Å²) in [4.78, 5) is 22.4. The van der Waals surface area contributed by atoms with Crippen molar-refractivity contribution < 1.29 is 14.3 Å². The number of hydrogen-bond donors (Lipinski definition) is 0. The average molecular weight is 283 g/mol. The molecule has 0 spiro atoms. The van der Waals surface area contributed by atoms with Crippen molar-refractivity contribution in [1.82, 2.24) is 0 Å². The summed E-state index contributed by atoms with van der Waals surface area (Å²) in [5.74, 6) is -0.0272. The summed E-state index contributed by atoms with van der Waals surface area (Å²) in [6, 6.07) is 8.84. The Morgan fingerprint density at radius 3 is 2.62 bits per heavy atom. The first-order valence-electron chi connectivity index (χ1n) is 5.07. The van der Waals surface area contributed by atoms with Crippen molar-refractivity contribution in [3.8, 4) is 0 Å². The van der Waals surface area contributed by atoms with Gasteiger partial charge in [-0.2, -0.15) is 0 Å². The van der Waals surface area contributed by atoms with Crippen LogP contribution < -0.4 is 0 Å². The third kappa shape index (κ3) is 2.32. The minimum atomic E-state index is -0.334. The fraction of sp³-hybridized carbons (Fsp3) is 0.333. The van der Waals surface area contributed by atoms with Gasteiger partial charge in [0.2, 0.25) is 0 Å². The van der Waals surface area contributed by atoms with Crippen LogP contribution >= 0.6 is 15.9 Å². The van der Waals surface area contributed by atoms with Crippen LogP contribution in [0.1, 0.15) is 16.8 Å². The predicted octanol–water partition coefficient (Wildman–Crippen LogP) is 2.20. The lowest BCUT2D eigenvalue weighted by molar-refractivity contribution is -0.126. The molecule has 1 aliphatic carbocycles.